The predicted molar refractivity (Wildman–Crippen MR) is 130 cm³/mol. The van der Waals surface area contributed by atoms with Crippen LogP contribution in [0.4, 0.5) is 0 Å². The normalized spacial score (nSPS) is 19.1. The van der Waals surface area contributed by atoms with Crippen LogP contribution in [0.2, 0.25) is 0 Å². The van der Waals surface area contributed by atoms with Gasteiger partial charge in [0, 0.05) is 18.2 Å². The Hall–Kier alpha value is -3.51. The minimum Gasteiger partial charge on any atom is -0.469 e. The zero-order valence-electron chi connectivity index (χ0n) is 20.4. The van der Waals surface area contributed by atoms with Crippen LogP contribution in [0, 0.1) is 6.92 Å². The molecule has 14 heteroatoms. The maximum atomic E-state index is 13.7. The van der Waals surface area contributed by atoms with E-state index in [2.05, 4.69) is 14.8 Å². The van der Waals surface area contributed by atoms with Gasteiger partial charge in [0.05, 0.1) is 20.8 Å². The molecular weight excluding hydrogens is 509 g/mol. The van der Waals surface area contributed by atoms with E-state index in [-0.39, 0.29) is 25.2 Å². The molecule has 0 bridgehead atoms. The molecule has 2 N–H and O–H groups in total. The topological polar surface area (TPSA) is 164 Å². The van der Waals surface area contributed by atoms with Crippen molar-refractivity contribution in [2.45, 2.75) is 38.1 Å². The van der Waals surface area contributed by atoms with Gasteiger partial charge in [-0.3, -0.25) is 28.5 Å². The molecule has 200 valence electrons. The zero-order valence-corrected chi connectivity index (χ0v) is 21.3. The third-order valence-electron chi connectivity index (χ3n) is 5.27. The van der Waals surface area contributed by atoms with Crippen LogP contribution in [0.1, 0.15) is 24.6 Å². The molecule has 1 unspecified atom stereocenters. The summed E-state index contributed by atoms with van der Waals surface area (Å²) in [5, 5.41) is 2.55. The number of carbonyl (C=O) groups is 2. The summed E-state index contributed by atoms with van der Waals surface area (Å²) in [6.45, 7) is 1.26. The van der Waals surface area contributed by atoms with Gasteiger partial charge in [-0.1, -0.05) is 24.3 Å². The largest absolute Gasteiger partial charge is 0.469 e. The van der Waals surface area contributed by atoms with E-state index in [1.807, 2.05) is 0 Å². The van der Waals surface area contributed by atoms with E-state index in [1.54, 1.807) is 49.4 Å². The molecule has 0 spiro atoms. The molecule has 4 atom stereocenters. The fraction of sp³-hybridized carbons (Fsp3) is 0.391. The summed E-state index contributed by atoms with van der Waals surface area (Å²) >= 11 is 0. The Morgan fingerprint density at radius 3 is 2.57 bits per heavy atom. The highest BCUT2D eigenvalue weighted by molar-refractivity contribution is 7.52. The summed E-state index contributed by atoms with van der Waals surface area (Å²) in [5.41, 5.74) is -0.833. The molecule has 0 saturated heterocycles. The van der Waals surface area contributed by atoms with Crippen molar-refractivity contribution < 1.29 is 37.4 Å². The summed E-state index contributed by atoms with van der Waals surface area (Å²) in [4.78, 5) is 49.9. The van der Waals surface area contributed by atoms with Gasteiger partial charge in [0.1, 0.15) is 17.9 Å². The Balaban J connectivity index is 1.74. The van der Waals surface area contributed by atoms with E-state index >= 15 is 0 Å². The molecule has 1 aromatic carbocycles. The second-order valence-corrected chi connectivity index (χ2v) is 9.64. The number of aromatic nitrogens is 2. The minimum absolute atomic E-state index is 0.0960. The van der Waals surface area contributed by atoms with Crippen molar-refractivity contribution in [1.29, 1.82) is 0 Å². The van der Waals surface area contributed by atoms with E-state index in [0.717, 1.165) is 7.11 Å². The highest BCUT2D eigenvalue weighted by atomic mass is 31.2. The Labute approximate surface area is 211 Å². The molecule has 0 aliphatic carbocycles. The van der Waals surface area contributed by atoms with Crippen molar-refractivity contribution in [1.82, 2.24) is 14.6 Å². The molecule has 0 saturated carbocycles. The number of carbonyl (C=O) groups excluding carboxylic acids is 2. The number of aryl methyl sites for hydroxylation is 1. The first-order chi connectivity index (χ1) is 17.6. The Kier molecular flexibility index (Phi) is 9.59. The summed E-state index contributed by atoms with van der Waals surface area (Å²) in [6, 6.07) is 6.93. The van der Waals surface area contributed by atoms with Gasteiger partial charge in [-0.25, -0.2) is 9.36 Å². The summed E-state index contributed by atoms with van der Waals surface area (Å²) < 4.78 is 41.3. The lowest BCUT2D eigenvalue weighted by Gasteiger charge is -2.25. The van der Waals surface area contributed by atoms with E-state index in [4.69, 9.17) is 18.5 Å². The number of aromatic amines is 1. The number of nitrogens with one attached hydrogen (secondary N) is 2. The number of ether oxygens (including phenoxy) is 3. The number of benzene rings is 1. The second-order valence-electron chi connectivity index (χ2n) is 7.95. The number of H-pyrrole nitrogens is 1. The molecule has 3 rings (SSSR count). The first-order valence-corrected chi connectivity index (χ1v) is 12.8. The van der Waals surface area contributed by atoms with Crippen LogP contribution in [0.15, 0.2) is 58.3 Å². The van der Waals surface area contributed by atoms with Crippen LogP contribution in [-0.2, 0) is 32.9 Å². The van der Waals surface area contributed by atoms with E-state index in [9.17, 15) is 23.7 Å². The fourth-order valence-electron chi connectivity index (χ4n) is 3.33. The number of para-hydroxylation sites is 1. The number of esters is 2. The SMILES string of the molecule is COC(=O)CC[C@H](NP(=O)(OC[C@@H]1C=C[C@H](n2cc(C)c(=O)[nH]c2=O)O1)Oc1ccccc1)C(=O)OC. The maximum Gasteiger partial charge on any atom is 0.459 e. The molecule has 1 aromatic heterocycles. The van der Waals surface area contributed by atoms with Gasteiger partial charge in [0.2, 0.25) is 0 Å². The predicted octanol–water partition coefficient (Wildman–Crippen LogP) is 1.59. The molecular formula is C23H28N3O10P. The molecule has 2 heterocycles. The lowest BCUT2D eigenvalue weighted by molar-refractivity contribution is -0.144. The highest BCUT2D eigenvalue weighted by Gasteiger charge is 2.36. The summed E-state index contributed by atoms with van der Waals surface area (Å²) in [6.07, 6.45) is 2.72. The third kappa shape index (κ3) is 7.73. The van der Waals surface area contributed by atoms with Crippen molar-refractivity contribution in [2.75, 3.05) is 20.8 Å². The van der Waals surface area contributed by atoms with Crippen molar-refractivity contribution in [3.05, 3.63) is 75.1 Å². The van der Waals surface area contributed by atoms with Gasteiger partial charge in [-0.05, 0) is 31.6 Å². The third-order valence-corrected chi connectivity index (χ3v) is 6.83. The molecule has 13 nitrogen and oxygen atoms in total. The van der Waals surface area contributed by atoms with Crippen molar-refractivity contribution in [3.63, 3.8) is 0 Å². The average molecular weight is 537 g/mol. The highest BCUT2D eigenvalue weighted by Crippen LogP contribution is 2.45. The molecule has 0 radical (unpaired) electrons. The standard InChI is InChI=1S/C23H28N3O10P/c1-15-13-26(23(30)24-21(15)28)19-11-9-17(35-19)14-34-37(31,36-16-7-5-4-6-8-16)25-18(22(29)33-3)10-12-20(27)32-2/h4-9,11,13,17-19H,10,12,14H2,1-3H3,(H,25,31)(H,24,28,30)/t17-,18-,19+,37?/m0/s1. The maximum absolute atomic E-state index is 13.7. The van der Waals surface area contributed by atoms with Gasteiger partial charge in [-0.2, -0.15) is 5.09 Å². The van der Waals surface area contributed by atoms with Crippen LogP contribution in [0.5, 0.6) is 5.75 Å². The van der Waals surface area contributed by atoms with Crippen LogP contribution in [0.25, 0.3) is 0 Å². The second kappa shape index (κ2) is 12.6. The van der Waals surface area contributed by atoms with E-state index in [0.29, 0.717) is 5.56 Å². The average Bonchev–Trinajstić information content (AvgIpc) is 3.36. The molecule has 0 fully saturated rings. The first-order valence-electron chi connectivity index (χ1n) is 11.2. The monoisotopic (exact) mass is 537 g/mol. The number of hydrogen-bond acceptors (Lipinski definition) is 10. The van der Waals surface area contributed by atoms with Gasteiger partial charge in [0.15, 0.2) is 6.23 Å². The smallest absolute Gasteiger partial charge is 0.459 e. The lowest BCUT2D eigenvalue weighted by atomic mass is 10.2. The lowest BCUT2D eigenvalue weighted by Crippen LogP contribution is -2.38. The number of hydrogen-bond donors (Lipinski definition) is 2. The number of rotatable bonds is 12. The van der Waals surface area contributed by atoms with Crippen molar-refractivity contribution >= 4 is 19.7 Å². The minimum atomic E-state index is -4.23. The van der Waals surface area contributed by atoms with Crippen LogP contribution in [0.3, 0.4) is 0 Å². The quantitative estimate of drug-likeness (QED) is 0.229. The van der Waals surface area contributed by atoms with Crippen LogP contribution < -0.4 is 20.9 Å². The van der Waals surface area contributed by atoms with E-state index < -0.39 is 49.3 Å². The first kappa shape index (κ1) is 28.1. The molecule has 37 heavy (non-hydrogen) atoms. The van der Waals surface area contributed by atoms with Gasteiger partial charge >= 0.3 is 25.4 Å². The Bertz CT molecular complexity index is 1290. The number of nitrogens with zero attached hydrogens (tertiary/aromatic N) is 1. The molecule has 0 amide bonds. The van der Waals surface area contributed by atoms with Crippen LogP contribution in [-0.4, -0.2) is 54.5 Å². The van der Waals surface area contributed by atoms with Crippen molar-refractivity contribution in [3.8, 4) is 5.75 Å². The van der Waals surface area contributed by atoms with E-state index in [1.165, 1.54) is 17.9 Å². The zero-order chi connectivity index (χ0) is 27.0. The molecule has 2 aromatic rings. The van der Waals surface area contributed by atoms with Crippen LogP contribution >= 0.6 is 7.75 Å². The van der Waals surface area contributed by atoms with Gasteiger partial charge < -0.3 is 18.7 Å². The number of methoxy groups -OCH3 is 2. The Morgan fingerprint density at radius 2 is 1.89 bits per heavy atom. The molecule has 1 aliphatic heterocycles. The van der Waals surface area contributed by atoms with Crippen molar-refractivity contribution in [2.24, 2.45) is 0 Å². The summed E-state index contributed by atoms with van der Waals surface area (Å²) in [7, 11) is -1.88. The van der Waals surface area contributed by atoms with Gasteiger partial charge in [-0.15, -0.1) is 0 Å². The summed E-state index contributed by atoms with van der Waals surface area (Å²) in [5.74, 6) is -1.15. The fourth-order valence-corrected chi connectivity index (χ4v) is 4.87. The Morgan fingerprint density at radius 1 is 1.16 bits per heavy atom. The van der Waals surface area contributed by atoms with Gasteiger partial charge in [0.25, 0.3) is 5.56 Å². The molecule has 1 aliphatic rings.